The van der Waals surface area contributed by atoms with Gasteiger partial charge in [-0.15, -0.1) is 0 Å². The van der Waals surface area contributed by atoms with Crippen LogP contribution in [0.25, 0.3) is 0 Å². The number of hydrazine groups is 1. The van der Waals surface area contributed by atoms with Crippen molar-refractivity contribution in [1.82, 2.24) is 10.4 Å². The molecule has 4 nitrogen and oxygen atoms in total. The van der Waals surface area contributed by atoms with E-state index in [4.69, 9.17) is 4.74 Å². The summed E-state index contributed by atoms with van der Waals surface area (Å²) in [5.41, 5.74) is 4.72. The van der Waals surface area contributed by atoms with E-state index >= 15 is 0 Å². The third kappa shape index (κ3) is 3.43. The lowest BCUT2D eigenvalue weighted by Gasteiger charge is -2.31. The summed E-state index contributed by atoms with van der Waals surface area (Å²) in [6.07, 6.45) is 1.02. The largest absolute Gasteiger partial charge is 0.508 e. The number of hydrogen-bond donors (Lipinski definition) is 2. The first-order valence-corrected chi connectivity index (χ1v) is 6.17. The average molecular weight is 236 g/mol. The molecule has 17 heavy (non-hydrogen) atoms. The number of morpholine rings is 1. The van der Waals surface area contributed by atoms with Crippen molar-refractivity contribution in [3.05, 3.63) is 29.8 Å². The second kappa shape index (κ2) is 6.00. The molecule has 1 fully saturated rings. The molecule has 94 valence electrons. The summed E-state index contributed by atoms with van der Waals surface area (Å²) in [4.78, 5) is 0. The molecule has 1 aromatic carbocycles. The Kier molecular flexibility index (Phi) is 4.36. The Hall–Kier alpha value is -1.10. The summed E-state index contributed by atoms with van der Waals surface area (Å²) in [5.74, 6) is 0.315. The monoisotopic (exact) mass is 236 g/mol. The molecule has 0 amide bonds. The molecule has 0 aromatic heterocycles. The predicted molar refractivity (Wildman–Crippen MR) is 66.7 cm³/mol. The minimum Gasteiger partial charge on any atom is -0.508 e. The van der Waals surface area contributed by atoms with Crippen LogP contribution < -0.4 is 5.43 Å². The minimum atomic E-state index is 0.300. The number of nitrogens with zero attached hydrogens (tertiary/aromatic N) is 1. The molecule has 0 radical (unpaired) electrons. The molecular formula is C13H20N2O2. The molecule has 1 aromatic rings. The lowest BCUT2D eigenvalue weighted by atomic mass is 10.1. The molecule has 0 bridgehead atoms. The lowest BCUT2D eigenvalue weighted by molar-refractivity contribution is 0.00299. The fraction of sp³-hybridized carbons (Fsp3) is 0.538. The van der Waals surface area contributed by atoms with E-state index in [0.29, 0.717) is 11.8 Å². The fourth-order valence-corrected chi connectivity index (χ4v) is 2.02. The van der Waals surface area contributed by atoms with Gasteiger partial charge in [-0.1, -0.05) is 19.1 Å². The zero-order valence-corrected chi connectivity index (χ0v) is 10.2. The van der Waals surface area contributed by atoms with Gasteiger partial charge in [0.1, 0.15) is 5.75 Å². The molecule has 0 aliphatic carbocycles. The van der Waals surface area contributed by atoms with Gasteiger partial charge in [-0.2, -0.15) is 0 Å². The molecule has 1 aliphatic heterocycles. The number of ether oxygens (including phenoxy) is 1. The third-order valence-corrected chi connectivity index (χ3v) is 3.05. The zero-order chi connectivity index (χ0) is 12.1. The normalized spacial score (nSPS) is 19.1. The van der Waals surface area contributed by atoms with Crippen LogP contribution in [0, 0.1) is 0 Å². The molecule has 1 heterocycles. The van der Waals surface area contributed by atoms with Gasteiger partial charge in [0.25, 0.3) is 0 Å². The van der Waals surface area contributed by atoms with Crippen molar-refractivity contribution in [1.29, 1.82) is 0 Å². The van der Waals surface area contributed by atoms with Crippen LogP contribution in [0.2, 0.25) is 0 Å². The van der Waals surface area contributed by atoms with Gasteiger partial charge in [-0.05, 0) is 24.1 Å². The third-order valence-electron chi connectivity index (χ3n) is 3.05. The Morgan fingerprint density at radius 3 is 2.53 bits per heavy atom. The van der Waals surface area contributed by atoms with E-state index in [0.717, 1.165) is 32.7 Å². The first kappa shape index (κ1) is 12.4. The van der Waals surface area contributed by atoms with Gasteiger partial charge in [0.05, 0.1) is 13.2 Å². The van der Waals surface area contributed by atoms with Crippen LogP contribution in [0.1, 0.15) is 24.9 Å². The van der Waals surface area contributed by atoms with Crippen LogP contribution in [0.4, 0.5) is 0 Å². The second-order valence-corrected chi connectivity index (χ2v) is 4.28. The van der Waals surface area contributed by atoms with Crippen molar-refractivity contribution >= 4 is 0 Å². The minimum absolute atomic E-state index is 0.300. The van der Waals surface area contributed by atoms with Gasteiger partial charge in [0.2, 0.25) is 0 Å². The van der Waals surface area contributed by atoms with Crippen molar-refractivity contribution < 1.29 is 9.84 Å². The summed E-state index contributed by atoms with van der Waals surface area (Å²) in [5, 5.41) is 11.5. The number of nitrogens with one attached hydrogen (secondary N) is 1. The van der Waals surface area contributed by atoms with Gasteiger partial charge in [-0.3, -0.25) is 0 Å². The number of phenols is 1. The lowest BCUT2D eigenvalue weighted by Crippen LogP contribution is -2.47. The molecule has 0 saturated carbocycles. The first-order chi connectivity index (χ1) is 8.29. The van der Waals surface area contributed by atoms with Crippen LogP contribution in [-0.4, -0.2) is 36.4 Å². The van der Waals surface area contributed by atoms with E-state index in [2.05, 4.69) is 17.4 Å². The Morgan fingerprint density at radius 2 is 1.94 bits per heavy atom. The van der Waals surface area contributed by atoms with Crippen molar-refractivity contribution in [2.45, 2.75) is 19.4 Å². The van der Waals surface area contributed by atoms with E-state index in [1.807, 2.05) is 12.1 Å². The number of hydrogen-bond acceptors (Lipinski definition) is 4. The highest BCUT2D eigenvalue weighted by molar-refractivity contribution is 5.27. The maximum Gasteiger partial charge on any atom is 0.115 e. The zero-order valence-electron chi connectivity index (χ0n) is 10.2. The topological polar surface area (TPSA) is 44.7 Å². The van der Waals surface area contributed by atoms with Gasteiger partial charge >= 0.3 is 0 Å². The van der Waals surface area contributed by atoms with E-state index in [1.165, 1.54) is 5.56 Å². The number of phenolic OH excluding ortho intramolecular Hbond substituents is 1. The fourth-order valence-electron chi connectivity index (χ4n) is 2.02. The predicted octanol–water partition coefficient (Wildman–Crippen LogP) is 1.68. The second-order valence-electron chi connectivity index (χ2n) is 4.28. The van der Waals surface area contributed by atoms with Crippen molar-refractivity contribution in [3.63, 3.8) is 0 Å². The molecule has 1 atom stereocenters. The van der Waals surface area contributed by atoms with Crippen LogP contribution in [0.5, 0.6) is 5.75 Å². The van der Waals surface area contributed by atoms with Crippen molar-refractivity contribution in [3.8, 4) is 5.75 Å². The van der Waals surface area contributed by atoms with Crippen LogP contribution in [0.3, 0.4) is 0 Å². The van der Waals surface area contributed by atoms with Gasteiger partial charge < -0.3 is 9.84 Å². The Morgan fingerprint density at radius 1 is 1.29 bits per heavy atom. The van der Waals surface area contributed by atoms with Gasteiger partial charge in [0, 0.05) is 19.1 Å². The van der Waals surface area contributed by atoms with E-state index < -0.39 is 0 Å². The number of rotatable bonds is 4. The summed E-state index contributed by atoms with van der Waals surface area (Å²) in [6.45, 7) is 5.59. The van der Waals surface area contributed by atoms with Gasteiger partial charge in [0.15, 0.2) is 0 Å². The molecule has 1 aliphatic rings. The van der Waals surface area contributed by atoms with E-state index in [-0.39, 0.29) is 0 Å². The maximum absolute atomic E-state index is 9.29. The molecule has 1 saturated heterocycles. The standard InChI is InChI=1S/C13H20N2O2/c1-2-13(11-3-5-12(16)6-4-11)14-15-7-9-17-10-8-15/h3-6,13-14,16H,2,7-10H2,1H3. The molecule has 2 rings (SSSR count). The first-order valence-electron chi connectivity index (χ1n) is 6.17. The quantitative estimate of drug-likeness (QED) is 0.835. The number of benzene rings is 1. The molecule has 1 unspecified atom stereocenters. The van der Waals surface area contributed by atoms with Crippen molar-refractivity contribution in [2.24, 2.45) is 0 Å². The highest BCUT2D eigenvalue weighted by Crippen LogP contribution is 2.20. The number of aromatic hydroxyl groups is 1. The Balaban J connectivity index is 1.97. The van der Waals surface area contributed by atoms with Gasteiger partial charge in [-0.25, -0.2) is 10.4 Å². The van der Waals surface area contributed by atoms with Crippen molar-refractivity contribution in [2.75, 3.05) is 26.3 Å². The smallest absolute Gasteiger partial charge is 0.115 e. The van der Waals surface area contributed by atoms with Crippen LogP contribution >= 0.6 is 0 Å². The van der Waals surface area contributed by atoms with E-state index in [9.17, 15) is 5.11 Å². The summed E-state index contributed by atoms with van der Waals surface area (Å²) >= 11 is 0. The molecule has 2 N–H and O–H groups in total. The summed E-state index contributed by atoms with van der Waals surface area (Å²) in [6, 6.07) is 7.71. The van der Waals surface area contributed by atoms with Crippen LogP contribution in [-0.2, 0) is 4.74 Å². The van der Waals surface area contributed by atoms with E-state index in [1.54, 1.807) is 12.1 Å². The highest BCUT2D eigenvalue weighted by atomic mass is 16.5. The van der Waals surface area contributed by atoms with Crippen LogP contribution in [0.15, 0.2) is 24.3 Å². The molecular weight excluding hydrogens is 216 g/mol. The SMILES string of the molecule is CCC(NN1CCOCC1)c1ccc(O)cc1. The Labute approximate surface area is 102 Å². The molecule has 0 spiro atoms. The summed E-state index contributed by atoms with van der Waals surface area (Å²) < 4.78 is 5.32. The summed E-state index contributed by atoms with van der Waals surface area (Å²) in [7, 11) is 0. The maximum atomic E-state index is 9.29. The Bertz CT molecular complexity index is 334. The highest BCUT2D eigenvalue weighted by Gasteiger charge is 2.15. The average Bonchev–Trinajstić information content (AvgIpc) is 2.38. The molecule has 4 heteroatoms.